The van der Waals surface area contributed by atoms with E-state index in [4.69, 9.17) is 5.84 Å². The van der Waals surface area contributed by atoms with Crippen molar-refractivity contribution in [2.75, 3.05) is 0 Å². The van der Waals surface area contributed by atoms with Crippen LogP contribution in [0.15, 0.2) is 42.0 Å². The summed E-state index contributed by atoms with van der Waals surface area (Å²) in [6.07, 6.45) is 5.99. The Morgan fingerprint density at radius 2 is 1.94 bits per heavy atom. The molecule has 1 saturated carbocycles. The maximum absolute atomic E-state index is 5.76. The zero-order valence-corrected chi connectivity index (χ0v) is 10.7. The summed E-state index contributed by atoms with van der Waals surface area (Å²) in [6, 6.07) is 11.0. The standard InChI is InChI=1S/C15H22N2/c1-12(2)11-14(17-16)15(9-6-10-15)13-7-4-3-5-8-13/h3-5,7-8,11,14,17H,6,9-10,16H2,1-2H3. The molecule has 1 aliphatic carbocycles. The highest BCUT2D eigenvalue weighted by atomic mass is 15.2. The van der Waals surface area contributed by atoms with Crippen LogP contribution in [0.5, 0.6) is 0 Å². The highest BCUT2D eigenvalue weighted by Gasteiger charge is 2.44. The maximum atomic E-state index is 5.76. The summed E-state index contributed by atoms with van der Waals surface area (Å²) in [5.74, 6) is 5.76. The first-order valence-corrected chi connectivity index (χ1v) is 6.36. The van der Waals surface area contributed by atoms with Crippen LogP contribution in [0, 0.1) is 0 Å². The van der Waals surface area contributed by atoms with E-state index in [1.54, 1.807) is 0 Å². The second-order valence-corrected chi connectivity index (χ2v) is 5.26. The molecule has 0 bridgehead atoms. The topological polar surface area (TPSA) is 38.0 Å². The molecule has 2 nitrogen and oxygen atoms in total. The predicted octanol–water partition coefficient (Wildman–Crippen LogP) is 2.91. The molecule has 0 aliphatic heterocycles. The first-order valence-electron chi connectivity index (χ1n) is 6.36. The van der Waals surface area contributed by atoms with Gasteiger partial charge in [0.1, 0.15) is 0 Å². The van der Waals surface area contributed by atoms with Crippen LogP contribution in [0.3, 0.4) is 0 Å². The lowest BCUT2D eigenvalue weighted by Gasteiger charge is -2.47. The van der Waals surface area contributed by atoms with Crippen LogP contribution in [-0.4, -0.2) is 6.04 Å². The molecule has 0 amide bonds. The van der Waals surface area contributed by atoms with Crippen LogP contribution in [0.25, 0.3) is 0 Å². The zero-order chi connectivity index (χ0) is 12.3. The molecule has 17 heavy (non-hydrogen) atoms. The summed E-state index contributed by atoms with van der Waals surface area (Å²) in [5, 5.41) is 0. The number of nitrogens with one attached hydrogen (secondary N) is 1. The fourth-order valence-electron chi connectivity index (χ4n) is 2.81. The van der Waals surface area contributed by atoms with Gasteiger partial charge in [-0.1, -0.05) is 48.4 Å². The van der Waals surface area contributed by atoms with Crippen LogP contribution < -0.4 is 11.3 Å². The summed E-state index contributed by atoms with van der Waals surface area (Å²) in [4.78, 5) is 0. The Labute approximate surface area is 104 Å². The van der Waals surface area contributed by atoms with Gasteiger partial charge in [0.2, 0.25) is 0 Å². The van der Waals surface area contributed by atoms with Crippen LogP contribution in [0.1, 0.15) is 38.7 Å². The number of hydrazine groups is 1. The smallest absolute Gasteiger partial charge is 0.0489 e. The van der Waals surface area contributed by atoms with E-state index in [9.17, 15) is 0 Å². The number of allylic oxidation sites excluding steroid dienone is 1. The third-order valence-electron chi connectivity index (χ3n) is 3.87. The molecular weight excluding hydrogens is 208 g/mol. The predicted molar refractivity (Wildman–Crippen MR) is 72.5 cm³/mol. The minimum atomic E-state index is 0.202. The average molecular weight is 230 g/mol. The fourth-order valence-corrected chi connectivity index (χ4v) is 2.81. The Kier molecular flexibility index (Phi) is 3.65. The van der Waals surface area contributed by atoms with Gasteiger partial charge in [-0.15, -0.1) is 0 Å². The van der Waals surface area contributed by atoms with Gasteiger partial charge in [0.25, 0.3) is 0 Å². The summed E-state index contributed by atoms with van der Waals surface area (Å²) < 4.78 is 0. The minimum absolute atomic E-state index is 0.202. The molecule has 1 fully saturated rings. The highest BCUT2D eigenvalue weighted by molar-refractivity contribution is 5.33. The average Bonchev–Trinajstić information content (AvgIpc) is 2.27. The largest absolute Gasteiger partial charge is 0.271 e. The molecular formula is C15H22N2. The molecule has 1 aromatic carbocycles. The summed E-state index contributed by atoms with van der Waals surface area (Å²) in [6.45, 7) is 4.25. The molecule has 1 aliphatic rings. The summed E-state index contributed by atoms with van der Waals surface area (Å²) in [5.41, 5.74) is 5.92. The van der Waals surface area contributed by atoms with Crippen molar-refractivity contribution in [2.24, 2.45) is 5.84 Å². The first kappa shape index (κ1) is 12.3. The minimum Gasteiger partial charge on any atom is -0.271 e. The number of benzene rings is 1. The maximum Gasteiger partial charge on any atom is 0.0489 e. The normalized spacial score (nSPS) is 19.2. The second kappa shape index (κ2) is 5.03. The van der Waals surface area contributed by atoms with Gasteiger partial charge in [0.05, 0.1) is 0 Å². The van der Waals surface area contributed by atoms with Crippen LogP contribution in [0.4, 0.5) is 0 Å². The third-order valence-corrected chi connectivity index (χ3v) is 3.87. The Balaban J connectivity index is 2.34. The Morgan fingerprint density at radius 1 is 1.29 bits per heavy atom. The Bertz CT molecular complexity index is 387. The molecule has 0 radical (unpaired) electrons. The molecule has 1 unspecified atom stereocenters. The zero-order valence-electron chi connectivity index (χ0n) is 10.7. The summed E-state index contributed by atoms with van der Waals surface area (Å²) >= 11 is 0. The lowest BCUT2D eigenvalue weighted by molar-refractivity contribution is 0.195. The number of hydrogen-bond donors (Lipinski definition) is 2. The molecule has 0 spiro atoms. The number of nitrogens with two attached hydrogens (primary N) is 1. The van der Waals surface area contributed by atoms with Crippen LogP contribution in [-0.2, 0) is 5.41 Å². The molecule has 0 heterocycles. The van der Waals surface area contributed by atoms with E-state index in [2.05, 4.69) is 55.7 Å². The van der Waals surface area contributed by atoms with Crippen molar-refractivity contribution in [2.45, 2.75) is 44.6 Å². The third kappa shape index (κ3) is 2.28. The van der Waals surface area contributed by atoms with E-state index in [1.165, 1.54) is 30.4 Å². The Morgan fingerprint density at radius 3 is 2.35 bits per heavy atom. The van der Waals surface area contributed by atoms with E-state index in [0.717, 1.165) is 0 Å². The second-order valence-electron chi connectivity index (χ2n) is 5.26. The molecule has 1 atom stereocenters. The van der Waals surface area contributed by atoms with Gasteiger partial charge < -0.3 is 0 Å². The molecule has 0 aromatic heterocycles. The highest BCUT2D eigenvalue weighted by Crippen LogP contribution is 2.46. The number of hydrogen-bond acceptors (Lipinski definition) is 2. The van der Waals surface area contributed by atoms with Gasteiger partial charge in [-0.25, -0.2) is 0 Å². The molecule has 3 N–H and O–H groups in total. The van der Waals surface area contributed by atoms with Crippen molar-refractivity contribution < 1.29 is 0 Å². The van der Waals surface area contributed by atoms with Crippen molar-refractivity contribution >= 4 is 0 Å². The Hall–Kier alpha value is -1.12. The van der Waals surface area contributed by atoms with Crippen LogP contribution in [0.2, 0.25) is 0 Å². The summed E-state index contributed by atoms with van der Waals surface area (Å²) in [7, 11) is 0. The van der Waals surface area contributed by atoms with Gasteiger partial charge in [0, 0.05) is 11.5 Å². The molecule has 2 rings (SSSR count). The van der Waals surface area contributed by atoms with E-state index >= 15 is 0 Å². The lowest BCUT2D eigenvalue weighted by Crippen LogP contribution is -2.54. The monoisotopic (exact) mass is 230 g/mol. The first-order chi connectivity index (χ1) is 8.19. The van der Waals surface area contributed by atoms with Gasteiger partial charge in [-0.2, -0.15) is 0 Å². The van der Waals surface area contributed by atoms with E-state index in [1.807, 2.05) is 0 Å². The van der Waals surface area contributed by atoms with Crippen molar-refractivity contribution in [1.29, 1.82) is 0 Å². The van der Waals surface area contributed by atoms with Gasteiger partial charge >= 0.3 is 0 Å². The van der Waals surface area contributed by atoms with Crippen LogP contribution >= 0.6 is 0 Å². The van der Waals surface area contributed by atoms with Crippen molar-refractivity contribution in [3.05, 3.63) is 47.5 Å². The van der Waals surface area contributed by atoms with Gasteiger partial charge in [-0.3, -0.25) is 11.3 Å². The molecule has 92 valence electrons. The SMILES string of the molecule is CC(C)=CC(NN)C1(c2ccccc2)CCC1. The van der Waals surface area contributed by atoms with Crippen molar-refractivity contribution in [3.63, 3.8) is 0 Å². The van der Waals surface area contributed by atoms with E-state index in [0.29, 0.717) is 0 Å². The number of rotatable bonds is 4. The fraction of sp³-hybridized carbons (Fsp3) is 0.467. The molecule has 1 aromatic rings. The van der Waals surface area contributed by atoms with Gasteiger partial charge in [-0.05, 0) is 32.3 Å². The van der Waals surface area contributed by atoms with Gasteiger partial charge in [0.15, 0.2) is 0 Å². The molecule has 0 saturated heterocycles. The van der Waals surface area contributed by atoms with E-state index < -0.39 is 0 Å². The van der Waals surface area contributed by atoms with E-state index in [-0.39, 0.29) is 11.5 Å². The van der Waals surface area contributed by atoms with Crippen molar-refractivity contribution in [3.8, 4) is 0 Å². The lowest BCUT2D eigenvalue weighted by atomic mass is 9.60. The van der Waals surface area contributed by atoms with Crippen molar-refractivity contribution in [1.82, 2.24) is 5.43 Å². The molecule has 2 heteroatoms. The quantitative estimate of drug-likeness (QED) is 0.474.